The molecule has 3 aliphatic rings. The molecule has 2 aromatic heterocycles. The Hall–Kier alpha value is -5.16. The number of fused-ring (bicyclic) bond motifs is 5. The van der Waals surface area contributed by atoms with E-state index in [4.69, 9.17) is 9.98 Å². The van der Waals surface area contributed by atoms with E-state index in [1.165, 1.54) is 181 Å². The Labute approximate surface area is 497 Å². The Morgan fingerprint density at radius 3 is 1.10 bits per heavy atom. The van der Waals surface area contributed by atoms with Crippen molar-refractivity contribution in [1.29, 1.82) is 0 Å². The maximum absolute atomic E-state index is 5.39. The molecule has 426 valence electrons. The first kappa shape index (κ1) is 59.0. The van der Waals surface area contributed by atoms with Crippen LogP contribution in [0.1, 0.15) is 220 Å². The van der Waals surface area contributed by atoms with Gasteiger partial charge in [0.1, 0.15) is 5.66 Å². The van der Waals surface area contributed by atoms with Crippen LogP contribution in [0.4, 0.5) is 0 Å². The molecule has 0 spiro atoms. The third-order valence-electron chi connectivity index (χ3n) is 19.7. The minimum atomic E-state index is -0.526. The lowest BCUT2D eigenvalue weighted by Gasteiger charge is -2.41. The van der Waals surface area contributed by atoms with Crippen LogP contribution in [-0.4, -0.2) is 5.66 Å². The molecular formula is C77H96N2S2. The Morgan fingerprint density at radius 1 is 0.358 bits per heavy atom. The number of hydrogen-bond acceptors (Lipinski definition) is 4. The van der Waals surface area contributed by atoms with Gasteiger partial charge in [0.05, 0.1) is 10.7 Å². The first-order valence-corrected chi connectivity index (χ1v) is 34.1. The number of benzene rings is 5. The SMILES string of the molecule is CCCCC(CC)CC1(CC(CC)CCCC)C2=C(c3ccc(-c4ccccc4)cc31)C(CC(CC)CCCC)(CC(CC)CCCC)c1cc(-c3ccc(-c4ccc(-c5ccc(-c6ccccc6)s5)c5c4=NC(C)(C)N=5)s3)ccc12. The summed E-state index contributed by atoms with van der Waals surface area (Å²) >= 11 is 3.79. The van der Waals surface area contributed by atoms with E-state index in [1.807, 2.05) is 22.7 Å². The molecule has 5 aromatic carbocycles. The molecule has 4 atom stereocenters. The third-order valence-corrected chi connectivity index (χ3v) is 22.0. The lowest BCUT2D eigenvalue weighted by atomic mass is 9.62. The number of unbranched alkanes of at least 4 members (excludes halogenated alkanes) is 4. The first-order chi connectivity index (χ1) is 39.5. The molecule has 0 bridgehead atoms. The predicted octanol–water partition coefficient (Wildman–Crippen LogP) is 23.0. The second-order valence-electron chi connectivity index (χ2n) is 25.6. The van der Waals surface area contributed by atoms with E-state index in [2.05, 4.69) is 203 Å². The molecule has 1 aliphatic heterocycles. The van der Waals surface area contributed by atoms with E-state index >= 15 is 0 Å². The second-order valence-corrected chi connectivity index (χ2v) is 27.7. The van der Waals surface area contributed by atoms with Crippen molar-refractivity contribution in [2.75, 3.05) is 0 Å². The highest BCUT2D eigenvalue weighted by Gasteiger charge is 2.58. The van der Waals surface area contributed by atoms with Gasteiger partial charge in [0.15, 0.2) is 0 Å². The van der Waals surface area contributed by atoms with Gasteiger partial charge in [-0.05, 0) is 155 Å². The second kappa shape index (κ2) is 26.2. The van der Waals surface area contributed by atoms with Crippen molar-refractivity contribution in [3.63, 3.8) is 0 Å². The number of nitrogens with zero attached hydrogens (tertiary/aromatic N) is 2. The summed E-state index contributed by atoms with van der Waals surface area (Å²) in [6.45, 7) is 24.0. The predicted molar refractivity (Wildman–Crippen MR) is 354 cm³/mol. The Kier molecular flexibility index (Phi) is 19.1. The van der Waals surface area contributed by atoms with Crippen molar-refractivity contribution in [1.82, 2.24) is 0 Å². The fourth-order valence-electron chi connectivity index (χ4n) is 15.2. The van der Waals surface area contributed by atoms with Gasteiger partial charge in [-0.3, -0.25) is 9.98 Å². The minimum Gasteiger partial charge on any atom is -0.253 e. The van der Waals surface area contributed by atoms with Gasteiger partial charge in [-0.25, -0.2) is 0 Å². The van der Waals surface area contributed by atoms with Crippen molar-refractivity contribution in [3.05, 3.63) is 166 Å². The summed E-state index contributed by atoms with van der Waals surface area (Å²) in [5, 5.41) is 2.06. The molecule has 2 aliphatic carbocycles. The van der Waals surface area contributed by atoms with Gasteiger partial charge in [0.25, 0.3) is 0 Å². The van der Waals surface area contributed by atoms with Crippen LogP contribution < -0.4 is 10.7 Å². The first-order valence-electron chi connectivity index (χ1n) is 32.5. The van der Waals surface area contributed by atoms with E-state index in [0.717, 1.165) is 10.7 Å². The van der Waals surface area contributed by atoms with Crippen molar-refractivity contribution in [2.24, 2.45) is 33.7 Å². The van der Waals surface area contributed by atoms with Gasteiger partial charge >= 0.3 is 0 Å². The summed E-state index contributed by atoms with van der Waals surface area (Å²) in [4.78, 5) is 15.8. The van der Waals surface area contributed by atoms with Crippen LogP contribution in [0.25, 0.3) is 64.0 Å². The highest BCUT2D eigenvalue weighted by molar-refractivity contribution is 7.19. The molecule has 0 radical (unpaired) electrons. The van der Waals surface area contributed by atoms with E-state index < -0.39 is 5.66 Å². The molecule has 4 unspecified atom stereocenters. The average molecular weight is 1110 g/mol. The molecule has 0 fully saturated rings. The highest BCUT2D eigenvalue weighted by Crippen LogP contribution is 2.70. The van der Waals surface area contributed by atoms with E-state index in [-0.39, 0.29) is 10.8 Å². The quantitative estimate of drug-likeness (QED) is 0.0446. The van der Waals surface area contributed by atoms with Crippen LogP contribution in [-0.2, 0) is 10.8 Å². The zero-order valence-electron chi connectivity index (χ0n) is 51.4. The van der Waals surface area contributed by atoms with Gasteiger partial charge in [0.2, 0.25) is 0 Å². The zero-order valence-corrected chi connectivity index (χ0v) is 53.0. The van der Waals surface area contributed by atoms with Crippen LogP contribution in [0, 0.1) is 23.7 Å². The van der Waals surface area contributed by atoms with Crippen LogP contribution in [0.2, 0.25) is 0 Å². The van der Waals surface area contributed by atoms with E-state index in [1.54, 1.807) is 33.4 Å². The summed E-state index contributed by atoms with van der Waals surface area (Å²) in [5.74, 6) is 2.62. The highest BCUT2D eigenvalue weighted by atomic mass is 32.1. The lowest BCUT2D eigenvalue weighted by molar-refractivity contribution is 0.278. The van der Waals surface area contributed by atoms with Gasteiger partial charge in [-0.2, -0.15) is 0 Å². The Balaban J connectivity index is 1.18. The lowest BCUT2D eigenvalue weighted by Crippen LogP contribution is -2.33. The summed E-state index contributed by atoms with van der Waals surface area (Å²) in [5.41, 5.74) is 17.0. The normalized spacial score (nSPS) is 19.1. The fraction of sp³-hybridized carbons (Fsp3) is 0.481. The van der Waals surface area contributed by atoms with Gasteiger partial charge in [-0.1, -0.05) is 255 Å². The summed E-state index contributed by atoms with van der Waals surface area (Å²) in [7, 11) is 0. The van der Waals surface area contributed by atoms with Crippen LogP contribution in [0.15, 0.2) is 143 Å². The average Bonchev–Trinajstić information content (AvgIpc) is 4.44. The number of rotatable bonds is 29. The van der Waals surface area contributed by atoms with Crippen molar-refractivity contribution < 1.29 is 0 Å². The number of hydrogen-bond donors (Lipinski definition) is 0. The van der Waals surface area contributed by atoms with Crippen molar-refractivity contribution in [2.45, 2.75) is 214 Å². The molecule has 0 amide bonds. The molecule has 81 heavy (non-hydrogen) atoms. The van der Waals surface area contributed by atoms with Gasteiger partial charge < -0.3 is 0 Å². The summed E-state index contributed by atoms with van der Waals surface area (Å²) in [6.07, 6.45) is 25.3. The third kappa shape index (κ3) is 12.0. The monoisotopic (exact) mass is 1110 g/mol. The molecule has 0 N–H and O–H groups in total. The van der Waals surface area contributed by atoms with Crippen molar-refractivity contribution in [3.8, 4) is 52.9 Å². The van der Waals surface area contributed by atoms with Crippen LogP contribution >= 0.6 is 22.7 Å². The molecular weight excluding hydrogens is 1020 g/mol. The Bertz CT molecular complexity index is 3350. The fourth-order valence-corrected chi connectivity index (χ4v) is 17.3. The van der Waals surface area contributed by atoms with Gasteiger partial charge in [0, 0.05) is 41.5 Å². The largest absolute Gasteiger partial charge is 0.253 e. The van der Waals surface area contributed by atoms with Crippen LogP contribution in [0.5, 0.6) is 0 Å². The molecule has 3 heterocycles. The van der Waals surface area contributed by atoms with Gasteiger partial charge in [-0.15, -0.1) is 22.7 Å². The molecule has 10 rings (SSSR count). The maximum atomic E-state index is 5.39. The Morgan fingerprint density at radius 2 is 0.704 bits per heavy atom. The minimum absolute atomic E-state index is 0.0796. The maximum Gasteiger partial charge on any atom is 0.146 e. The summed E-state index contributed by atoms with van der Waals surface area (Å²) in [6, 6.07) is 52.1. The molecule has 0 saturated heterocycles. The standard InChI is InChI=1S/C77H96N2S2/c1-11-19-29-53(15-5)49-76(50-54(16-6)30-20-12-2)65-47-59(57-33-25-23-26-34-57)37-39-61(65)71-72(76)62-40-38-60(48-66(62)77(71,51-55(17-7)31-21-13-3)52-56(18-8)32-22-14-4)68-44-46-70(81-68)64-42-41-63(73-74(64)79-75(9,10)78-73)69-45-43-67(80-69)58-35-27-24-28-36-58/h23-28,33-48,53-56H,11-22,29-32,49-52H2,1-10H3. The molecule has 2 nitrogen and oxygen atoms in total. The van der Waals surface area contributed by atoms with E-state index in [9.17, 15) is 0 Å². The topological polar surface area (TPSA) is 24.7 Å². The summed E-state index contributed by atoms with van der Waals surface area (Å²) < 4.78 is 0. The number of allylic oxidation sites excluding steroid dienone is 2. The smallest absolute Gasteiger partial charge is 0.146 e. The molecule has 7 aromatic rings. The van der Waals surface area contributed by atoms with Crippen LogP contribution in [0.3, 0.4) is 0 Å². The van der Waals surface area contributed by atoms with Crippen molar-refractivity contribution >= 4 is 33.8 Å². The van der Waals surface area contributed by atoms with E-state index in [0.29, 0.717) is 23.7 Å². The zero-order chi connectivity index (χ0) is 56.7. The number of thiophene rings is 2. The molecule has 4 heteroatoms. The molecule has 0 saturated carbocycles.